The van der Waals surface area contributed by atoms with Crippen LogP contribution in [-0.4, -0.2) is 56.4 Å². The summed E-state index contributed by atoms with van der Waals surface area (Å²) in [6, 6.07) is 15.5. The van der Waals surface area contributed by atoms with Gasteiger partial charge in [0.15, 0.2) is 0 Å². The van der Waals surface area contributed by atoms with Gasteiger partial charge in [-0.25, -0.2) is 4.39 Å². The van der Waals surface area contributed by atoms with Gasteiger partial charge in [0.2, 0.25) is 0 Å². The molecular formula is C27H35FN2O3. The number of ether oxygens (including phenoxy) is 2. The van der Waals surface area contributed by atoms with Crippen molar-refractivity contribution in [1.82, 2.24) is 10.2 Å². The van der Waals surface area contributed by atoms with Crippen molar-refractivity contribution in [3.8, 4) is 16.9 Å². The predicted molar refractivity (Wildman–Crippen MR) is 130 cm³/mol. The van der Waals surface area contributed by atoms with Crippen molar-refractivity contribution in [3.63, 3.8) is 0 Å². The molecule has 0 unspecified atom stereocenters. The number of carbonyl (C=O) groups is 1. The van der Waals surface area contributed by atoms with E-state index in [1.165, 1.54) is 7.11 Å². The summed E-state index contributed by atoms with van der Waals surface area (Å²) < 4.78 is 24.8. The lowest BCUT2D eigenvalue weighted by Crippen LogP contribution is -2.41. The molecule has 0 aliphatic carbocycles. The van der Waals surface area contributed by atoms with Gasteiger partial charge >= 0.3 is 0 Å². The highest BCUT2D eigenvalue weighted by Crippen LogP contribution is 2.25. The summed E-state index contributed by atoms with van der Waals surface area (Å²) in [5, 5.41) is 2.77. The fourth-order valence-electron chi connectivity index (χ4n) is 3.97. The molecule has 2 aromatic rings. The summed E-state index contributed by atoms with van der Waals surface area (Å²) in [6.45, 7) is 10.3. The summed E-state index contributed by atoms with van der Waals surface area (Å²) in [7, 11) is 1.53. The molecule has 0 radical (unpaired) electrons. The van der Waals surface area contributed by atoms with Gasteiger partial charge in [0.25, 0.3) is 5.91 Å². The number of likely N-dealkylation sites (tertiary alicyclic amines) is 1. The minimum absolute atomic E-state index is 0.164. The summed E-state index contributed by atoms with van der Waals surface area (Å²) in [6.07, 6.45) is 2.07. The Balaban J connectivity index is 1.46. The molecular weight excluding hydrogens is 419 g/mol. The van der Waals surface area contributed by atoms with E-state index in [4.69, 9.17) is 9.47 Å². The second-order valence-electron chi connectivity index (χ2n) is 9.28. The van der Waals surface area contributed by atoms with E-state index in [-0.39, 0.29) is 12.5 Å². The quantitative estimate of drug-likeness (QED) is 0.509. The second kappa shape index (κ2) is 11.3. The third-order valence-corrected chi connectivity index (χ3v) is 5.86. The third kappa shape index (κ3) is 7.90. The molecule has 0 atom stereocenters. The number of piperidine rings is 1. The number of rotatable bonds is 10. The number of nitrogens with zero attached hydrogens (tertiary/aromatic N) is 1. The molecule has 1 N–H and O–H groups in total. The minimum Gasteiger partial charge on any atom is -0.500 e. The number of halogens is 1. The molecule has 0 bridgehead atoms. The van der Waals surface area contributed by atoms with Crippen LogP contribution in [0.15, 0.2) is 60.9 Å². The molecule has 33 heavy (non-hydrogen) atoms. The summed E-state index contributed by atoms with van der Waals surface area (Å²) in [5.74, 6) is 1.69. The predicted octanol–water partition coefficient (Wildman–Crippen LogP) is 5.08. The number of alkyl halides is 1. The maximum absolute atomic E-state index is 13.8. The first-order valence-electron chi connectivity index (χ1n) is 11.5. The molecule has 0 spiro atoms. The third-order valence-electron chi connectivity index (χ3n) is 5.86. The number of hydrogen-bond acceptors (Lipinski definition) is 4. The van der Waals surface area contributed by atoms with Gasteiger partial charge in [0, 0.05) is 12.1 Å². The number of benzene rings is 2. The van der Waals surface area contributed by atoms with Crippen molar-refractivity contribution < 1.29 is 18.7 Å². The van der Waals surface area contributed by atoms with Crippen LogP contribution in [0.25, 0.3) is 11.1 Å². The Kier molecular flexibility index (Phi) is 8.50. The molecule has 1 aliphatic heterocycles. The molecule has 1 aliphatic rings. The highest BCUT2D eigenvalue weighted by Gasteiger charge is 2.25. The van der Waals surface area contributed by atoms with Crippen LogP contribution < -0.4 is 10.1 Å². The zero-order valence-electron chi connectivity index (χ0n) is 19.9. The molecule has 1 saturated heterocycles. The largest absolute Gasteiger partial charge is 0.500 e. The van der Waals surface area contributed by atoms with Crippen LogP contribution in [0.1, 0.15) is 37.0 Å². The maximum atomic E-state index is 13.8. The van der Waals surface area contributed by atoms with E-state index in [0.29, 0.717) is 30.4 Å². The highest BCUT2D eigenvalue weighted by molar-refractivity contribution is 5.94. The van der Waals surface area contributed by atoms with Gasteiger partial charge in [0.1, 0.15) is 17.2 Å². The van der Waals surface area contributed by atoms with E-state index < -0.39 is 5.67 Å². The van der Waals surface area contributed by atoms with Gasteiger partial charge in [-0.1, -0.05) is 30.8 Å². The average Bonchev–Trinajstić information content (AvgIpc) is 2.81. The molecule has 1 amide bonds. The number of hydrogen-bond donors (Lipinski definition) is 1. The standard InChI is InChI=1S/C27H35FN2O3/c1-20(32-4)17-29-26(31)24-7-5-22(6-8-24)23-9-11-25(12-10-23)33-18-21-13-15-30(16-14-21)19-27(2,3)28/h5-12,21H,1,13-19H2,2-4H3,(H,29,31). The number of nitrogens with one attached hydrogen (secondary N) is 1. The Morgan fingerprint density at radius 1 is 1.09 bits per heavy atom. The Morgan fingerprint density at radius 2 is 1.67 bits per heavy atom. The van der Waals surface area contributed by atoms with Crippen molar-refractivity contribution in [3.05, 3.63) is 66.4 Å². The zero-order chi connectivity index (χ0) is 23.8. The van der Waals surface area contributed by atoms with Crippen molar-refractivity contribution in [1.29, 1.82) is 0 Å². The van der Waals surface area contributed by atoms with E-state index in [1.807, 2.05) is 36.4 Å². The van der Waals surface area contributed by atoms with Crippen molar-refractivity contribution in [2.75, 3.05) is 39.9 Å². The Labute approximate surface area is 196 Å². The summed E-state index contributed by atoms with van der Waals surface area (Å²) in [5.41, 5.74) is 1.53. The Bertz CT molecular complexity index is 912. The zero-order valence-corrected chi connectivity index (χ0v) is 19.9. The van der Waals surface area contributed by atoms with Crippen LogP contribution in [0.4, 0.5) is 4.39 Å². The molecule has 0 aromatic heterocycles. The van der Waals surface area contributed by atoms with Crippen LogP contribution in [0, 0.1) is 5.92 Å². The van der Waals surface area contributed by atoms with Gasteiger partial charge in [0.05, 0.1) is 20.3 Å². The summed E-state index contributed by atoms with van der Waals surface area (Å²) >= 11 is 0. The van der Waals surface area contributed by atoms with E-state index in [2.05, 4.69) is 16.8 Å². The van der Waals surface area contributed by atoms with E-state index in [9.17, 15) is 9.18 Å². The number of methoxy groups -OCH3 is 1. The molecule has 178 valence electrons. The molecule has 6 heteroatoms. The highest BCUT2D eigenvalue weighted by atomic mass is 19.1. The maximum Gasteiger partial charge on any atom is 0.251 e. The SMILES string of the molecule is C=C(CNC(=O)c1ccc(-c2ccc(OCC3CCN(CC(C)(C)F)CC3)cc2)cc1)OC. The van der Waals surface area contributed by atoms with Gasteiger partial charge < -0.3 is 19.7 Å². The molecule has 2 aromatic carbocycles. The van der Waals surface area contributed by atoms with E-state index in [1.54, 1.807) is 26.0 Å². The lowest BCUT2D eigenvalue weighted by Gasteiger charge is -2.34. The van der Waals surface area contributed by atoms with Gasteiger partial charge in [-0.05, 0) is 81.1 Å². The minimum atomic E-state index is -1.14. The first-order chi connectivity index (χ1) is 15.7. The topological polar surface area (TPSA) is 50.8 Å². The molecule has 1 fully saturated rings. The normalized spacial score (nSPS) is 15.2. The molecule has 3 rings (SSSR count). The van der Waals surface area contributed by atoms with E-state index in [0.717, 1.165) is 42.8 Å². The first-order valence-corrected chi connectivity index (χ1v) is 11.5. The van der Waals surface area contributed by atoms with Crippen LogP contribution in [0.3, 0.4) is 0 Å². The van der Waals surface area contributed by atoms with Gasteiger partial charge in [-0.2, -0.15) is 0 Å². The second-order valence-corrected chi connectivity index (χ2v) is 9.28. The van der Waals surface area contributed by atoms with Crippen LogP contribution >= 0.6 is 0 Å². The fraction of sp³-hybridized carbons (Fsp3) is 0.444. The lowest BCUT2D eigenvalue weighted by atomic mass is 9.97. The number of amides is 1. The number of carbonyl (C=O) groups excluding carboxylic acids is 1. The van der Waals surface area contributed by atoms with Crippen LogP contribution in [0.2, 0.25) is 0 Å². The van der Waals surface area contributed by atoms with Crippen molar-refractivity contribution >= 4 is 5.91 Å². The van der Waals surface area contributed by atoms with Gasteiger partial charge in [-0.15, -0.1) is 0 Å². The van der Waals surface area contributed by atoms with Gasteiger partial charge in [-0.3, -0.25) is 4.79 Å². The average molecular weight is 455 g/mol. The van der Waals surface area contributed by atoms with Crippen LogP contribution in [0.5, 0.6) is 5.75 Å². The fourth-order valence-corrected chi connectivity index (χ4v) is 3.97. The van der Waals surface area contributed by atoms with Crippen molar-refractivity contribution in [2.45, 2.75) is 32.4 Å². The van der Waals surface area contributed by atoms with Crippen molar-refractivity contribution in [2.24, 2.45) is 5.92 Å². The molecule has 0 saturated carbocycles. The Hall–Kier alpha value is -2.86. The molecule has 5 nitrogen and oxygen atoms in total. The van der Waals surface area contributed by atoms with E-state index >= 15 is 0 Å². The lowest BCUT2D eigenvalue weighted by molar-refractivity contribution is 0.0836. The van der Waals surface area contributed by atoms with Crippen LogP contribution in [-0.2, 0) is 4.74 Å². The first kappa shape index (κ1) is 24.8. The summed E-state index contributed by atoms with van der Waals surface area (Å²) in [4.78, 5) is 14.4. The Morgan fingerprint density at radius 3 is 2.21 bits per heavy atom. The molecule has 1 heterocycles. The smallest absolute Gasteiger partial charge is 0.251 e. The monoisotopic (exact) mass is 454 g/mol.